The van der Waals surface area contributed by atoms with Gasteiger partial charge in [-0.2, -0.15) is 15.1 Å². The molecular weight excluding hydrogens is 406 g/mol. The Morgan fingerprint density at radius 3 is 2.35 bits per heavy atom. The molecule has 0 saturated heterocycles. The third-order valence-corrected chi connectivity index (χ3v) is 6.31. The van der Waals surface area contributed by atoms with Gasteiger partial charge < -0.3 is 15.8 Å². The molecule has 0 unspecified atom stereocenters. The summed E-state index contributed by atoms with van der Waals surface area (Å²) < 4.78 is 1.86. The Hall–Kier alpha value is -4.00. The molecule has 1 aliphatic rings. The molecule has 6 nitrogen and oxygen atoms in total. The molecule has 7 heteroatoms. The molecule has 0 saturated carbocycles. The number of hydrogen-bond acceptors (Lipinski definition) is 5. The molecule has 2 N–H and O–H groups in total. The van der Waals surface area contributed by atoms with Gasteiger partial charge in [0.25, 0.3) is 0 Å². The van der Waals surface area contributed by atoms with Crippen LogP contribution in [0.3, 0.4) is 0 Å². The van der Waals surface area contributed by atoms with Gasteiger partial charge in [0.15, 0.2) is 12.4 Å². The number of nitrogens with zero attached hydrogens (tertiary/aromatic N) is 4. The fourth-order valence-electron chi connectivity index (χ4n) is 4.03. The number of nitriles is 2. The predicted molar refractivity (Wildman–Crippen MR) is 116 cm³/mol. The van der Waals surface area contributed by atoms with E-state index in [0.717, 1.165) is 4.88 Å². The second kappa shape index (κ2) is 8.39. The van der Waals surface area contributed by atoms with E-state index in [4.69, 9.17) is 0 Å². The number of allylic oxidation sites excluding steroid dienone is 2. The zero-order valence-electron chi connectivity index (χ0n) is 16.3. The number of nitrogens with one attached hydrogen (secondary N) is 1. The van der Waals surface area contributed by atoms with Crippen LogP contribution < -0.4 is 9.88 Å². The molecule has 31 heavy (non-hydrogen) atoms. The highest BCUT2D eigenvalue weighted by Crippen LogP contribution is 2.48. The fraction of sp³-hybridized carbons (Fsp3) is 0.125. The summed E-state index contributed by atoms with van der Waals surface area (Å²) in [5.41, 5.74) is -1.09. The van der Waals surface area contributed by atoms with E-state index >= 15 is 0 Å². The maximum Gasteiger partial charge on any atom is 0.227 e. The van der Waals surface area contributed by atoms with Crippen LogP contribution in [0, 0.1) is 22.7 Å². The predicted octanol–water partition coefficient (Wildman–Crippen LogP) is 3.28. The lowest BCUT2D eigenvalue weighted by Gasteiger charge is -2.42. The minimum Gasteiger partial charge on any atom is -0.762 e. The Labute approximate surface area is 183 Å². The van der Waals surface area contributed by atoms with Crippen LogP contribution in [0.4, 0.5) is 0 Å². The van der Waals surface area contributed by atoms with Crippen molar-refractivity contribution in [2.24, 2.45) is 0 Å². The van der Waals surface area contributed by atoms with Crippen LogP contribution in [0.5, 0.6) is 0 Å². The standard InChI is InChI=1S/C24H17N5OS/c25-14-17(15-26)22-19(16-27)21(20-10-7-13-31-20)23(29-11-5-2-6-12-29)24(30,28-22)18-8-3-1-4-9-18/h1-13,21,23,28,30H/t21-,23-,24+/m0/s1. The Balaban J connectivity index is 2.09. The first-order chi connectivity index (χ1) is 15.1. The average molecular weight is 424 g/mol. The van der Waals surface area contributed by atoms with Gasteiger partial charge >= 0.3 is 0 Å². The van der Waals surface area contributed by atoms with Crippen molar-refractivity contribution >= 4 is 17.2 Å². The summed E-state index contributed by atoms with van der Waals surface area (Å²) in [5.74, 6) is 1.28. The zero-order chi connectivity index (χ0) is 21.8. The van der Waals surface area contributed by atoms with Gasteiger partial charge in [-0.3, -0.25) is 0 Å². The molecule has 1 aromatic carbocycles. The Bertz CT molecular complexity index is 1250. The summed E-state index contributed by atoms with van der Waals surface area (Å²) in [4.78, 5) is 0.849. The van der Waals surface area contributed by atoms with E-state index in [1.807, 2.05) is 82.8 Å². The molecule has 0 fully saturated rings. The lowest BCUT2D eigenvalue weighted by atomic mass is 9.75. The van der Waals surface area contributed by atoms with Gasteiger partial charge in [0.2, 0.25) is 11.8 Å². The van der Waals surface area contributed by atoms with Crippen molar-refractivity contribution in [1.29, 1.82) is 10.5 Å². The third-order valence-electron chi connectivity index (χ3n) is 5.36. The summed E-state index contributed by atoms with van der Waals surface area (Å²) in [7, 11) is 0. The maximum atomic E-state index is 12.1. The van der Waals surface area contributed by atoms with Gasteiger partial charge in [0.1, 0.15) is 6.07 Å². The number of rotatable bonds is 4. The summed E-state index contributed by atoms with van der Waals surface area (Å²) in [6.07, 6.45) is 3.67. The topological polar surface area (TPSA) is 106 Å². The fourth-order valence-corrected chi connectivity index (χ4v) is 4.90. The van der Waals surface area contributed by atoms with Crippen molar-refractivity contribution in [2.75, 3.05) is 0 Å². The second-order valence-electron chi connectivity index (χ2n) is 7.02. The summed E-state index contributed by atoms with van der Waals surface area (Å²) in [5, 5.41) is 46.3. The van der Waals surface area contributed by atoms with Gasteiger partial charge in [-0.1, -0.05) is 42.5 Å². The number of thiophene rings is 1. The number of aromatic nitrogens is 1. The minimum atomic E-state index is -1.70. The summed E-state index contributed by atoms with van der Waals surface area (Å²) >= 11 is 1.46. The molecule has 3 heterocycles. The smallest absolute Gasteiger partial charge is 0.227 e. The van der Waals surface area contributed by atoms with Crippen molar-refractivity contribution in [1.82, 2.24) is 5.32 Å². The normalized spacial score (nSPS) is 22.5. The lowest BCUT2D eigenvalue weighted by molar-refractivity contribution is -0.743. The molecule has 3 atom stereocenters. The quantitative estimate of drug-likeness (QED) is 0.382. The van der Waals surface area contributed by atoms with Crippen LogP contribution in [0.25, 0.3) is 5.41 Å². The van der Waals surface area contributed by atoms with Crippen molar-refractivity contribution in [3.8, 4) is 12.1 Å². The van der Waals surface area contributed by atoms with E-state index in [9.17, 15) is 21.0 Å². The monoisotopic (exact) mass is 423 g/mol. The Morgan fingerprint density at radius 1 is 1.06 bits per heavy atom. The highest BCUT2D eigenvalue weighted by Gasteiger charge is 2.56. The molecule has 1 aliphatic heterocycles. The van der Waals surface area contributed by atoms with E-state index in [0.29, 0.717) is 5.56 Å². The van der Waals surface area contributed by atoms with Crippen molar-refractivity contribution < 1.29 is 9.67 Å². The Kier molecular flexibility index (Phi) is 5.49. The highest BCUT2D eigenvalue weighted by atomic mass is 32.1. The number of aliphatic hydroxyl groups is 1. The number of pyridine rings is 1. The lowest BCUT2D eigenvalue weighted by Crippen LogP contribution is -2.62. The van der Waals surface area contributed by atoms with E-state index in [1.54, 1.807) is 12.1 Å². The minimum absolute atomic E-state index is 0.0602. The molecule has 2 aromatic heterocycles. The van der Waals surface area contributed by atoms with Crippen molar-refractivity contribution in [3.05, 3.63) is 111 Å². The molecule has 0 amide bonds. The zero-order valence-corrected chi connectivity index (χ0v) is 17.1. The van der Waals surface area contributed by atoms with Crippen LogP contribution in [-0.4, -0.2) is 11.0 Å². The first-order valence-electron chi connectivity index (χ1n) is 9.51. The maximum absolute atomic E-state index is 12.1. The summed E-state index contributed by atoms with van der Waals surface area (Å²) in [6, 6.07) is 21.8. The van der Waals surface area contributed by atoms with Crippen LogP contribution in [0.15, 0.2) is 95.3 Å². The average Bonchev–Trinajstić information content (AvgIpc) is 3.35. The molecule has 4 rings (SSSR count). The van der Waals surface area contributed by atoms with Gasteiger partial charge in [-0.25, -0.2) is 5.87 Å². The molecular formula is C24H17N5OS. The van der Waals surface area contributed by atoms with Crippen molar-refractivity contribution in [2.45, 2.75) is 17.7 Å². The molecule has 0 radical (unpaired) electrons. The van der Waals surface area contributed by atoms with Gasteiger partial charge in [0.05, 0.1) is 28.8 Å². The highest BCUT2D eigenvalue weighted by molar-refractivity contribution is 7.10. The van der Waals surface area contributed by atoms with E-state index < -0.39 is 17.7 Å². The summed E-state index contributed by atoms with van der Waals surface area (Å²) in [6.45, 7) is 0. The molecule has 0 spiro atoms. The van der Waals surface area contributed by atoms with E-state index in [-0.39, 0.29) is 16.8 Å². The number of benzene rings is 1. The van der Waals surface area contributed by atoms with E-state index in [1.165, 1.54) is 11.3 Å². The second-order valence-corrected chi connectivity index (χ2v) is 8.00. The first kappa shape index (κ1) is 20.3. The SMILES string of the molecule is N#CC(=C=[N-])C1=C(C#N)[C@@H](c2cccs2)[C@H]([n+]2ccccc2)[C@](O)(c2ccccc2)N1. The molecule has 3 aromatic rings. The van der Waals surface area contributed by atoms with Crippen LogP contribution in [0.2, 0.25) is 0 Å². The van der Waals surface area contributed by atoms with Gasteiger partial charge in [-0.05, 0) is 11.4 Å². The third kappa shape index (κ3) is 3.44. The van der Waals surface area contributed by atoms with Crippen LogP contribution >= 0.6 is 11.3 Å². The number of hydrogen-bond donors (Lipinski definition) is 2. The molecule has 0 bridgehead atoms. The van der Waals surface area contributed by atoms with Gasteiger partial charge in [0, 0.05) is 22.6 Å². The molecule has 150 valence electrons. The first-order valence-corrected chi connectivity index (χ1v) is 10.4. The Morgan fingerprint density at radius 2 is 1.77 bits per heavy atom. The van der Waals surface area contributed by atoms with Gasteiger partial charge in [-0.15, -0.1) is 11.3 Å². The molecule has 0 aliphatic carbocycles. The van der Waals surface area contributed by atoms with Crippen molar-refractivity contribution in [3.63, 3.8) is 0 Å². The largest absolute Gasteiger partial charge is 0.762 e. The van der Waals surface area contributed by atoms with E-state index in [2.05, 4.69) is 11.4 Å². The van der Waals surface area contributed by atoms with Crippen LogP contribution in [0.1, 0.15) is 22.4 Å². The van der Waals surface area contributed by atoms with Crippen LogP contribution in [-0.2, 0) is 5.72 Å².